The molecule has 1 aliphatic heterocycles. The van der Waals surface area contributed by atoms with Crippen LogP contribution in [0.15, 0.2) is 24.3 Å². The van der Waals surface area contributed by atoms with E-state index < -0.39 is 5.54 Å². The summed E-state index contributed by atoms with van der Waals surface area (Å²) in [6, 6.07) is 6.71. The van der Waals surface area contributed by atoms with Gasteiger partial charge >= 0.3 is 5.97 Å². The van der Waals surface area contributed by atoms with Gasteiger partial charge in [-0.05, 0) is 37.3 Å². The minimum absolute atomic E-state index is 0.0129. The minimum atomic E-state index is -0.806. The van der Waals surface area contributed by atoms with Gasteiger partial charge in [0.15, 0.2) is 0 Å². The molecule has 0 radical (unpaired) electrons. The molecule has 1 aliphatic rings. The van der Waals surface area contributed by atoms with Gasteiger partial charge in [0, 0.05) is 23.5 Å². The van der Waals surface area contributed by atoms with Crippen molar-refractivity contribution in [3.63, 3.8) is 0 Å². The molecule has 1 saturated heterocycles. The zero-order chi connectivity index (χ0) is 18.3. The maximum Gasteiger partial charge on any atom is 0.326 e. The van der Waals surface area contributed by atoms with Crippen molar-refractivity contribution in [2.75, 3.05) is 37.0 Å². The molecule has 2 rings (SSSR count). The molecule has 3 N–H and O–H groups in total. The van der Waals surface area contributed by atoms with E-state index in [1.807, 2.05) is 6.92 Å². The number of nitrogens with one attached hydrogen (secondary N) is 3. The number of esters is 1. The molecule has 136 valence electrons. The van der Waals surface area contributed by atoms with Crippen molar-refractivity contribution >= 4 is 35.2 Å². The number of thioether (sulfide) groups is 1. The van der Waals surface area contributed by atoms with Crippen LogP contribution >= 0.6 is 11.8 Å². The normalized spacial score (nSPS) is 19.3. The highest BCUT2D eigenvalue weighted by atomic mass is 32.2. The average molecular weight is 365 g/mol. The zero-order valence-corrected chi connectivity index (χ0v) is 15.2. The summed E-state index contributed by atoms with van der Waals surface area (Å²) >= 11 is 1.65. The smallest absolute Gasteiger partial charge is 0.326 e. The van der Waals surface area contributed by atoms with Gasteiger partial charge < -0.3 is 15.4 Å². The van der Waals surface area contributed by atoms with Crippen LogP contribution in [0.1, 0.15) is 23.7 Å². The zero-order valence-electron chi connectivity index (χ0n) is 14.4. The van der Waals surface area contributed by atoms with Crippen LogP contribution < -0.4 is 16.0 Å². The standard InChI is InChI=1S/C17H23N3O4S/c1-3-18-15(22)12-5-4-6-13(9-12)20-14(21)10-19-17(16(23)24-2)7-8-25-11-17/h4-6,9,19H,3,7-8,10-11H2,1-2H3,(H,18,22)(H,20,21)/t17-/m1/s1. The van der Waals surface area contributed by atoms with Gasteiger partial charge in [-0.15, -0.1) is 0 Å². The Labute approximate surface area is 151 Å². The number of carbonyl (C=O) groups excluding carboxylic acids is 3. The van der Waals surface area contributed by atoms with Gasteiger partial charge in [0.25, 0.3) is 5.91 Å². The maximum absolute atomic E-state index is 12.2. The molecule has 2 amide bonds. The Morgan fingerprint density at radius 1 is 1.32 bits per heavy atom. The van der Waals surface area contributed by atoms with Crippen LogP contribution in [0.4, 0.5) is 5.69 Å². The highest BCUT2D eigenvalue weighted by molar-refractivity contribution is 7.99. The lowest BCUT2D eigenvalue weighted by Crippen LogP contribution is -2.55. The molecule has 1 fully saturated rings. The monoisotopic (exact) mass is 365 g/mol. The number of hydrogen-bond donors (Lipinski definition) is 3. The van der Waals surface area contributed by atoms with E-state index in [9.17, 15) is 14.4 Å². The van der Waals surface area contributed by atoms with Gasteiger partial charge in [-0.1, -0.05) is 6.07 Å². The molecule has 0 unspecified atom stereocenters. The Kier molecular flexibility index (Phi) is 6.83. The lowest BCUT2D eigenvalue weighted by molar-refractivity contribution is -0.147. The molecule has 1 aromatic rings. The van der Waals surface area contributed by atoms with Crippen molar-refractivity contribution in [2.45, 2.75) is 18.9 Å². The van der Waals surface area contributed by atoms with Crippen LogP contribution in [-0.2, 0) is 14.3 Å². The molecule has 25 heavy (non-hydrogen) atoms. The lowest BCUT2D eigenvalue weighted by Gasteiger charge is -2.26. The molecule has 0 aliphatic carbocycles. The van der Waals surface area contributed by atoms with Crippen molar-refractivity contribution < 1.29 is 19.1 Å². The number of rotatable bonds is 7. The van der Waals surface area contributed by atoms with E-state index in [2.05, 4.69) is 16.0 Å². The topological polar surface area (TPSA) is 96.5 Å². The Hall–Kier alpha value is -2.06. The van der Waals surface area contributed by atoms with Gasteiger partial charge in [-0.2, -0.15) is 11.8 Å². The Morgan fingerprint density at radius 2 is 2.12 bits per heavy atom. The molecule has 1 atom stereocenters. The highest BCUT2D eigenvalue weighted by Crippen LogP contribution is 2.29. The molecule has 0 saturated carbocycles. The summed E-state index contributed by atoms with van der Waals surface area (Å²) in [7, 11) is 1.35. The molecule has 0 aromatic heterocycles. The predicted octanol–water partition coefficient (Wildman–Crippen LogP) is 1.01. The number of anilines is 1. The van der Waals surface area contributed by atoms with E-state index in [1.54, 1.807) is 36.0 Å². The SMILES string of the molecule is CCNC(=O)c1cccc(NC(=O)CN[C@]2(C(=O)OC)CCSC2)c1. The molecule has 0 spiro atoms. The van der Waals surface area contributed by atoms with Crippen LogP contribution in [0.5, 0.6) is 0 Å². The van der Waals surface area contributed by atoms with Gasteiger partial charge in [0.2, 0.25) is 5.91 Å². The second-order valence-electron chi connectivity index (χ2n) is 5.72. The van der Waals surface area contributed by atoms with Crippen molar-refractivity contribution in [3.05, 3.63) is 29.8 Å². The third-order valence-electron chi connectivity index (χ3n) is 3.93. The first-order valence-electron chi connectivity index (χ1n) is 8.10. The molecule has 0 bridgehead atoms. The third kappa shape index (κ3) is 4.96. The van der Waals surface area contributed by atoms with E-state index in [-0.39, 0.29) is 24.3 Å². The largest absolute Gasteiger partial charge is 0.468 e. The summed E-state index contributed by atoms with van der Waals surface area (Å²) in [5.74, 6) is 0.610. The van der Waals surface area contributed by atoms with Crippen molar-refractivity contribution in [1.82, 2.24) is 10.6 Å². The molecule has 1 aromatic carbocycles. The quantitative estimate of drug-likeness (QED) is 0.624. The summed E-state index contributed by atoms with van der Waals surface area (Å²) in [4.78, 5) is 36.1. The van der Waals surface area contributed by atoms with Crippen LogP contribution in [0, 0.1) is 0 Å². The molecule has 1 heterocycles. The Morgan fingerprint density at radius 3 is 2.76 bits per heavy atom. The highest BCUT2D eigenvalue weighted by Gasteiger charge is 2.42. The third-order valence-corrected chi connectivity index (χ3v) is 5.12. The molecule has 8 heteroatoms. The first kappa shape index (κ1) is 19.3. The summed E-state index contributed by atoms with van der Waals surface area (Å²) < 4.78 is 4.86. The van der Waals surface area contributed by atoms with E-state index in [4.69, 9.17) is 4.74 Å². The van der Waals surface area contributed by atoms with Gasteiger partial charge in [0.1, 0.15) is 5.54 Å². The van der Waals surface area contributed by atoms with Crippen molar-refractivity contribution in [1.29, 1.82) is 0 Å². The van der Waals surface area contributed by atoms with E-state index in [1.165, 1.54) is 7.11 Å². The number of hydrogen-bond acceptors (Lipinski definition) is 6. The van der Waals surface area contributed by atoms with Crippen molar-refractivity contribution in [2.24, 2.45) is 0 Å². The fraction of sp³-hybridized carbons (Fsp3) is 0.471. The van der Waals surface area contributed by atoms with Crippen LogP contribution in [0.2, 0.25) is 0 Å². The number of amides is 2. The number of benzene rings is 1. The fourth-order valence-electron chi connectivity index (χ4n) is 2.59. The Balaban J connectivity index is 1.95. The minimum Gasteiger partial charge on any atom is -0.468 e. The van der Waals surface area contributed by atoms with Gasteiger partial charge in [-0.3, -0.25) is 19.7 Å². The second kappa shape index (κ2) is 8.87. The van der Waals surface area contributed by atoms with Crippen molar-refractivity contribution in [3.8, 4) is 0 Å². The number of carbonyl (C=O) groups is 3. The summed E-state index contributed by atoms with van der Waals surface area (Å²) in [6.45, 7) is 2.36. The summed E-state index contributed by atoms with van der Waals surface area (Å²) in [5, 5.41) is 8.48. The van der Waals surface area contributed by atoms with Crippen LogP contribution in [0.3, 0.4) is 0 Å². The van der Waals surface area contributed by atoms with Gasteiger partial charge in [-0.25, -0.2) is 0 Å². The molecular formula is C17H23N3O4S. The number of methoxy groups -OCH3 is 1. The van der Waals surface area contributed by atoms with Crippen LogP contribution in [-0.4, -0.2) is 55.0 Å². The molecular weight excluding hydrogens is 342 g/mol. The lowest BCUT2D eigenvalue weighted by atomic mass is 9.99. The Bertz CT molecular complexity index is 645. The maximum atomic E-state index is 12.2. The number of ether oxygens (including phenoxy) is 1. The van der Waals surface area contributed by atoms with E-state index in [0.717, 1.165) is 5.75 Å². The van der Waals surface area contributed by atoms with Crippen LogP contribution in [0.25, 0.3) is 0 Å². The first-order chi connectivity index (χ1) is 12.0. The van der Waals surface area contributed by atoms with E-state index >= 15 is 0 Å². The molecule has 7 nitrogen and oxygen atoms in total. The average Bonchev–Trinajstić information content (AvgIpc) is 3.10. The summed E-state index contributed by atoms with van der Waals surface area (Å²) in [6.07, 6.45) is 0.629. The second-order valence-corrected chi connectivity index (χ2v) is 6.82. The van der Waals surface area contributed by atoms with Gasteiger partial charge in [0.05, 0.1) is 13.7 Å². The first-order valence-corrected chi connectivity index (χ1v) is 9.25. The predicted molar refractivity (Wildman–Crippen MR) is 97.8 cm³/mol. The fourth-order valence-corrected chi connectivity index (χ4v) is 3.94. The van der Waals surface area contributed by atoms with E-state index in [0.29, 0.717) is 30.0 Å². The summed E-state index contributed by atoms with van der Waals surface area (Å²) in [5.41, 5.74) is 0.203.